The molecule has 0 saturated heterocycles. The van der Waals surface area contributed by atoms with E-state index in [0.717, 1.165) is 15.3 Å². The maximum Gasteiger partial charge on any atom is 0.259 e. The van der Waals surface area contributed by atoms with Gasteiger partial charge in [-0.2, -0.15) is 0 Å². The molecule has 0 saturated carbocycles. The predicted molar refractivity (Wildman–Crippen MR) is 79.9 cm³/mol. The first-order chi connectivity index (χ1) is 9.02. The molecule has 2 heterocycles. The number of carbonyl (C=O) groups is 1. The second kappa shape index (κ2) is 5.75. The van der Waals surface area contributed by atoms with E-state index in [0.29, 0.717) is 22.7 Å². The van der Waals surface area contributed by atoms with Gasteiger partial charge in [0, 0.05) is 11.9 Å². The summed E-state index contributed by atoms with van der Waals surface area (Å²) in [6.45, 7) is 3.92. The van der Waals surface area contributed by atoms with Gasteiger partial charge in [-0.25, -0.2) is 4.98 Å². The lowest BCUT2D eigenvalue weighted by atomic mass is 10.2. The molecule has 2 aromatic rings. The van der Waals surface area contributed by atoms with Crippen molar-refractivity contribution in [2.45, 2.75) is 19.6 Å². The molecular weight excluding hydrogens is 282 g/mol. The van der Waals surface area contributed by atoms with Gasteiger partial charge < -0.3 is 10.3 Å². The fourth-order valence-electron chi connectivity index (χ4n) is 1.68. The largest absolute Gasteiger partial charge is 0.358 e. The Hall–Kier alpha value is -1.34. The van der Waals surface area contributed by atoms with Crippen molar-refractivity contribution in [2.24, 2.45) is 0 Å². The van der Waals surface area contributed by atoms with Crippen molar-refractivity contribution in [3.63, 3.8) is 0 Å². The fourth-order valence-corrected chi connectivity index (χ4v) is 3.49. The summed E-state index contributed by atoms with van der Waals surface area (Å²) in [6.07, 6.45) is 0. The SMILES string of the molecule is CNC(=O)CSCc1nc2sc(C)c(C)c2c(=O)[nH]1. The second-order valence-electron chi connectivity index (χ2n) is 4.14. The lowest BCUT2D eigenvalue weighted by Gasteiger charge is -2.01. The van der Waals surface area contributed by atoms with Gasteiger partial charge in [0.05, 0.1) is 16.9 Å². The summed E-state index contributed by atoms with van der Waals surface area (Å²) in [5.74, 6) is 1.47. The highest BCUT2D eigenvalue weighted by molar-refractivity contribution is 7.99. The van der Waals surface area contributed by atoms with Crippen LogP contribution in [0.5, 0.6) is 0 Å². The third-order valence-corrected chi connectivity index (χ3v) is 4.88. The monoisotopic (exact) mass is 297 g/mol. The first-order valence-corrected chi connectivity index (χ1v) is 7.77. The Bertz CT molecular complexity index is 675. The van der Waals surface area contributed by atoms with Crippen LogP contribution in [0, 0.1) is 13.8 Å². The zero-order valence-corrected chi connectivity index (χ0v) is 12.6. The fraction of sp³-hybridized carbons (Fsp3) is 0.417. The van der Waals surface area contributed by atoms with E-state index in [1.165, 1.54) is 23.1 Å². The maximum atomic E-state index is 12.0. The standard InChI is InChI=1S/C12H15N3O2S2/c1-6-7(2)19-12-10(6)11(17)14-8(15-12)4-18-5-9(16)13-3/h4-5H2,1-3H3,(H,13,16)(H,14,15,17). The van der Waals surface area contributed by atoms with E-state index >= 15 is 0 Å². The number of fused-ring (bicyclic) bond motifs is 1. The Morgan fingerprint density at radius 2 is 2.21 bits per heavy atom. The quantitative estimate of drug-likeness (QED) is 0.898. The number of nitrogens with zero attached hydrogens (tertiary/aromatic N) is 1. The van der Waals surface area contributed by atoms with E-state index in [2.05, 4.69) is 15.3 Å². The van der Waals surface area contributed by atoms with Crippen molar-refractivity contribution in [3.05, 3.63) is 26.6 Å². The summed E-state index contributed by atoms with van der Waals surface area (Å²) in [6, 6.07) is 0. The van der Waals surface area contributed by atoms with Crippen molar-refractivity contribution in [3.8, 4) is 0 Å². The number of amides is 1. The third-order valence-electron chi connectivity index (χ3n) is 2.84. The summed E-state index contributed by atoms with van der Waals surface area (Å²) < 4.78 is 0. The summed E-state index contributed by atoms with van der Waals surface area (Å²) in [5.41, 5.74) is 0.903. The van der Waals surface area contributed by atoms with Gasteiger partial charge in [0.2, 0.25) is 5.91 Å². The molecule has 0 atom stereocenters. The number of aryl methyl sites for hydroxylation is 2. The number of thiophene rings is 1. The average Bonchev–Trinajstić information content (AvgIpc) is 2.65. The van der Waals surface area contributed by atoms with E-state index in [4.69, 9.17) is 0 Å². The number of carbonyl (C=O) groups excluding carboxylic acids is 1. The predicted octanol–water partition coefficient (Wildman–Crippen LogP) is 1.58. The number of hydrogen-bond acceptors (Lipinski definition) is 5. The Morgan fingerprint density at radius 3 is 2.89 bits per heavy atom. The highest BCUT2D eigenvalue weighted by Crippen LogP contribution is 2.26. The number of thioether (sulfide) groups is 1. The molecule has 0 spiro atoms. The van der Waals surface area contributed by atoms with Gasteiger partial charge in [0.1, 0.15) is 10.7 Å². The van der Waals surface area contributed by atoms with Crippen LogP contribution in [0.1, 0.15) is 16.3 Å². The van der Waals surface area contributed by atoms with Crippen LogP contribution >= 0.6 is 23.1 Å². The number of H-pyrrole nitrogens is 1. The number of rotatable bonds is 4. The molecule has 2 rings (SSSR count). The van der Waals surface area contributed by atoms with E-state index in [-0.39, 0.29) is 11.5 Å². The molecule has 7 heteroatoms. The molecule has 2 aromatic heterocycles. The molecule has 1 amide bonds. The van der Waals surface area contributed by atoms with E-state index in [1.54, 1.807) is 7.05 Å². The highest BCUT2D eigenvalue weighted by atomic mass is 32.2. The summed E-state index contributed by atoms with van der Waals surface area (Å²) >= 11 is 2.96. The average molecular weight is 297 g/mol. The first-order valence-electron chi connectivity index (χ1n) is 5.80. The molecule has 102 valence electrons. The third kappa shape index (κ3) is 2.98. The van der Waals surface area contributed by atoms with Crippen LogP contribution in [-0.2, 0) is 10.5 Å². The molecular formula is C12H15N3O2S2. The van der Waals surface area contributed by atoms with Crippen LogP contribution in [0.15, 0.2) is 4.79 Å². The normalized spacial score (nSPS) is 10.9. The minimum absolute atomic E-state index is 0.0313. The lowest BCUT2D eigenvalue weighted by molar-refractivity contribution is -0.118. The van der Waals surface area contributed by atoms with Crippen LogP contribution in [0.25, 0.3) is 10.2 Å². The molecule has 0 aliphatic carbocycles. The van der Waals surface area contributed by atoms with Crippen LogP contribution < -0.4 is 10.9 Å². The molecule has 0 radical (unpaired) electrons. The molecule has 0 aliphatic rings. The van der Waals surface area contributed by atoms with Crippen molar-refractivity contribution in [2.75, 3.05) is 12.8 Å². The van der Waals surface area contributed by atoms with Crippen LogP contribution in [-0.4, -0.2) is 28.7 Å². The number of aromatic amines is 1. The number of nitrogens with one attached hydrogen (secondary N) is 2. The summed E-state index contributed by atoms with van der Waals surface area (Å²) in [7, 11) is 1.60. The van der Waals surface area contributed by atoms with E-state index < -0.39 is 0 Å². The van der Waals surface area contributed by atoms with Crippen molar-refractivity contribution >= 4 is 39.2 Å². The van der Waals surface area contributed by atoms with Gasteiger partial charge >= 0.3 is 0 Å². The molecule has 0 aromatic carbocycles. The van der Waals surface area contributed by atoms with Gasteiger partial charge in [-0.1, -0.05) is 0 Å². The zero-order chi connectivity index (χ0) is 14.0. The second-order valence-corrected chi connectivity index (χ2v) is 6.33. The molecule has 19 heavy (non-hydrogen) atoms. The molecule has 2 N–H and O–H groups in total. The molecule has 0 bridgehead atoms. The smallest absolute Gasteiger partial charge is 0.259 e. The number of aromatic nitrogens is 2. The van der Waals surface area contributed by atoms with E-state index in [1.807, 2.05) is 13.8 Å². The van der Waals surface area contributed by atoms with Gasteiger partial charge in [-0.05, 0) is 19.4 Å². The number of hydrogen-bond donors (Lipinski definition) is 2. The lowest BCUT2D eigenvalue weighted by Crippen LogP contribution is -2.20. The maximum absolute atomic E-state index is 12.0. The topological polar surface area (TPSA) is 74.8 Å². The summed E-state index contributed by atoms with van der Waals surface area (Å²) in [5, 5.41) is 3.24. The summed E-state index contributed by atoms with van der Waals surface area (Å²) in [4.78, 5) is 32.2. The molecule has 0 aliphatic heterocycles. The minimum atomic E-state index is -0.0950. The highest BCUT2D eigenvalue weighted by Gasteiger charge is 2.11. The Labute approximate surface area is 118 Å². The zero-order valence-electron chi connectivity index (χ0n) is 11.0. The van der Waals surface area contributed by atoms with E-state index in [9.17, 15) is 9.59 Å². The van der Waals surface area contributed by atoms with Crippen molar-refractivity contribution in [1.82, 2.24) is 15.3 Å². The van der Waals surface area contributed by atoms with Crippen molar-refractivity contribution < 1.29 is 4.79 Å². The molecule has 5 nitrogen and oxygen atoms in total. The van der Waals surface area contributed by atoms with Gasteiger partial charge in [0.25, 0.3) is 5.56 Å². The Morgan fingerprint density at radius 1 is 1.47 bits per heavy atom. The van der Waals surface area contributed by atoms with Crippen molar-refractivity contribution in [1.29, 1.82) is 0 Å². The van der Waals surface area contributed by atoms with Gasteiger partial charge in [-0.15, -0.1) is 23.1 Å². The molecule has 0 fully saturated rings. The Kier molecular flexibility index (Phi) is 4.26. The van der Waals surface area contributed by atoms with Gasteiger partial charge in [0.15, 0.2) is 0 Å². The van der Waals surface area contributed by atoms with Gasteiger partial charge in [-0.3, -0.25) is 9.59 Å². The Balaban J connectivity index is 2.22. The van der Waals surface area contributed by atoms with Crippen LogP contribution in [0.3, 0.4) is 0 Å². The van der Waals surface area contributed by atoms with Crippen LogP contribution in [0.4, 0.5) is 0 Å². The minimum Gasteiger partial charge on any atom is -0.358 e. The first kappa shape index (κ1) is 14.1. The molecule has 0 unspecified atom stereocenters. The van der Waals surface area contributed by atoms with Crippen LogP contribution in [0.2, 0.25) is 0 Å².